The highest BCUT2D eigenvalue weighted by atomic mass is 16.7. The summed E-state index contributed by atoms with van der Waals surface area (Å²) >= 11 is 0. The third kappa shape index (κ3) is 4.60. The smallest absolute Gasteiger partial charge is 0.335 e. The van der Waals surface area contributed by atoms with Gasteiger partial charge in [-0.3, -0.25) is 0 Å². The molecule has 1 aliphatic heterocycles. The highest BCUT2D eigenvalue weighted by Crippen LogP contribution is 2.78. The molecule has 6 aliphatic rings. The third-order valence-corrected chi connectivity index (χ3v) is 16.3. The number of aliphatic hydroxyl groups excluding tert-OH is 5. The zero-order valence-electron chi connectivity index (χ0n) is 28.7. The van der Waals surface area contributed by atoms with Gasteiger partial charge in [-0.2, -0.15) is 0 Å². The minimum Gasteiger partial charge on any atom is -0.479 e. The molecule has 7 N–H and O–H groups in total. The molecule has 1 saturated heterocycles. The van der Waals surface area contributed by atoms with E-state index in [9.17, 15) is 40.5 Å². The fraction of sp³-hybridized carbons (Fsp3) is 0.972. The van der Waals surface area contributed by atoms with Crippen LogP contribution in [0.2, 0.25) is 0 Å². The van der Waals surface area contributed by atoms with E-state index in [1.165, 1.54) is 6.92 Å². The predicted octanol–water partition coefficient (Wildman–Crippen LogP) is 3.08. The maximum atomic E-state index is 12.1. The highest BCUT2D eigenvalue weighted by Gasteiger charge is 2.72. The van der Waals surface area contributed by atoms with Crippen LogP contribution in [0.1, 0.15) is 106 Å². The van der Waals surface area contributed by atoms with E-state index in [1.807, 2.05) is 0 Å². The van der Waals surface area contributed by atoms with Crippen LogP contribution >= 0.6 is 0 Å². The van der Waals surface area contributed by atoms with Crippen molar-refractivity contribution < 1.29 is 50.0 Å². The molecular weight excluding hydrogens is 592 g/mol. The van der Waals surface area contributed by atoms with Crippen LogP contribution in [0.5, 0.6) is 0 Å². The molecule has 5 saturated carbocycles. The average Bonchev–Trinajstić information content (AvgIpc) is 3.36. The molecule has 0 radical (unpaired) electrons. The summed E-state index contributed by atoms with van der Waals surface area (Å²) in [4.78, 5) is 12.1. The van der Waals surface area contributed by atoms with Crippen molar-refractivity contribution in [1.29, 1.82) is 0 Å². The lowest BCUT2D eigenvalue weighted by atomic mass is 9.31. The molecule has 264 valence electrons. The summed E-state index contributed by atoms with van der Waals surface area (Å²) in [6, 6.07) is 0. The quantitative estimate of drug-likeness (QED) is 0.226. The summed E-state index contributed by atoms with van der Waals surface area (Å²) in [5.74, 6) is -0.127. The Morgan fingerprint density at radius 3 is 1.98 bits per heavy atom. The third-order valence-electron chi connectivity index (χ3n) is 16.3. The molecule has 0 amide bonds. The lowest BCUT2D eigenvalue weighted by molar-refractivity contribution is -0.317. The molecule has 0 spiro atoms. The maximum absolute atomic E-state index is 12.1. The molecule has 10 nitrogen and oxygen atoms in total. The molecule has 5 aliphatic carbocycles. The van der Waals surface area contributed by atoms with E-state index in [-0.39, 0.29) is 46.0 Å². The fourth-order valence-corrected chi connectivity index (χ4v) is 13.5. The maximum Gasteiger partial charge on any atom is 0.335 e. The van der Waals surface area contributed by atoms with Crippen molar-refractivity contribution in [3.8, 4) is 0 Å². The Morgan fingerprint density at radius 2 is 1.37 bits per heavy atom. The lowest BCUT2D eigenvalue weighted by Crippen LogP contribution is -2.68. The van der Waals surface area contributed by atoms with Crippen LogP contribution in [0.4, 0.5) is 0 Å². The van der Waals surface area contributed by atoms with Gasteiger partial charge >= 0.3 is 5.97 Å². The number of carbonyl (C=O) groups is 1. The Balaban J connectivity index is 1.25. The molecule has 0 aromatic rings. The van der Waals surface area contributed by atoms with E-state index >= 15 is 0 Å². The molecule has 1 heterocycles. The summed E-state index contributed by atoms with van der Waals surface area (Å²) in [6.07, 6.45) is 1.96. The van der Waals surface area contributed by atoms with Gasteiger partial charge in [0.25, 0.3) is 0 Å². The number of ether oxygens (including phenoxy) is 2. The number of carboxylic acid groups (broad SMARTS) is 1. The molecule has 10 heteroatoms. The van der Waals surface area contributed by atoms with E-state index in [1.54, 1.807) is 0 Å². The molecule has 0 aromatic heterocycles. The normalized spacial score (nSPS) is 56.6. The Morgan fingerprint density at radius 1 is 0.783 bits per heavy atom. The van der Waals surface area contributed by atoms with E-state index < -0.39 is 60.4 Å². The molecule has 0 bridgehead atoms. The van der Waals surface area contributed by atoms with Crippen LogP contribution in [0.15, 0.2) is 0 Å². The standard InChI is InChI=1S/C36H60O10/c1-31-13-9-20(36(6,44)30(42)43)19(31)10-15-34(4)23(31)7-8-24-32(2)14-12-25(38)33(3,22(32)11-16-35(24,34)5)18-45-29-28(41)27(40)26(39)21(17-37)46-29/h19-29,37-41,44H,7-18H2,1-6H3,(H,42,43)/t19-,20-,21-,22+,23+,24-,25-,26-,27+,28-,29-,31-,32-,33+,34-,35-,36+/m0/s1. The van der Waals surface area contributed by atoms with E-state index in [2.05, 4.69) is 34.6 Å². The lowest BCUT2D eigenvalue weighted by Gasteiger charge is -2.73. The number of fused-ring (bicyclic) bond motifs is 7. The zero-order chi connectivity index (χ0) is 33.8. The van der Waals surface area contributed by atoms with Crippen LogP contribution in [0, 0.1) is 56.7 Å². The Kier molecular flexibility index (Phi) is 8.62. The molecule has 6 rings (SSSR count). The highest BCUT2D eigenvalue weighted by molar-refractivity contribution is 5.77. The summed E-state index contributed by atoms with van der Waals surface area (Å²) in [5.41, 5.74) is -2.29. The van der Waals surface area contributed by atoms with Crippen molar-refractivity contribution in [2.24, 2.45) is 56.7 Å². The van der Waals surface area contributed by atoms with Crippen molar-refractivity contribution in [1.82, 2.24) is 0 Å². The van der Waals surface area contributed by atoms with Crippen molar-refractivity contribution in [2.75, 3.05) is 13.2 Å². The van der Waals surface area contributed by atoms with Crippen molar-refractivity contribution in [3.63, 3.8) is 0 Å². The largest absolute Gasteiger partial charge is 0.479 e. The Labute approximate surface area is 273 Å². The second-order valence-corrected chi connectivity index (χ2v) is 17.9. The minimum atomic E-state index is -1.71. The first-order valence-corrected chi connectivity index (χ1v) is 17.9. The van der Waals surface area contributed by atoms with Gasteiger partial charge in [-0.1, -0.05) is 34.6 Å². The van der Waals surface area contributed by atoms with E-state index in [0.29, 0.717) is 18.3 Å². The molecule has 46 heavy (non-hydrogen) atoms. The van der Waals surface area contributed by atoms with Gasteiger partial charge in [-0.05, 0) is 116 Å². The Hall–Kier alpha value is -0.850. The van der Waals surface area contributed by atoms with Gasteiger partial charge < -0.3 is 45.2 Å². The van der Waals surface area contributed by atoms with Gasteiger partial charge in [0.2, 0.25) is 0 Å². The molecular formula is C36H60O10. The van der Waals surface area contributed by atoms with Crippen molar-refractivity contribution in [3.05, 3.63) is 0 Å². The second kappa shape index (κ2) is 11.3. The van der Waals surface area contributed by atoms with Crippen molar-refractivity contribution in [2.45, 2.75) is 148 Å². The van der Waals surface area contributed by atoms with Crippen LogP contribution < -0.4 is 0 Å². The van der Waals surface area contributed by atoms with Gasteiger partial charge in [-0.15, -0.1) is 0 Å². The van der Waals surface area contributed by atoms with Gasteiger partial charge in [0.15, 0.2) is 11.9 Å². The van der Waals surface area contributed by atoms with Crippen LogP contribution in [0.3, 0.4) is 0 Å². The molecule has 0 unspecified atom stereocenters. The van der Waals surface area contributed by atoms with Crippen LogP contribution in [-0.2, 0) is 14.3 Å². The fourth-order valence-electron chi connectivity index (χ4n) is 13.5. The summed E-state index contributed by atoms with van der Waals surface area (Å²) < 4.78 is 11.8. The number of hydrogen-bond acceptors (Lipinski definition) is 9. The molecule has 0 aromatic carbocycles. The number of hydrogen-bond donors (Lipinski definition) is 7. The number of carboxylic acids is 1. The number of rotatable bonds is 6. The first kappa shape index (κ1) is 35.0. The first-order valence-electron chi connectivity index (χ1n) is 17.9. The van der Waals surface area contributed by atoms with Gasteiger partial charge in [-0.25, -0.2) is 4.79 Å². The van der Waals surface area contributed by atoms with Crippen LogP contribution in [-0.4, -0.2) is 97.3 Å². The van der Waals surface area contributed by atoms with E-state index in [0.717, 1.165) is 57.8 Å². The monoisotopic (exact) mass is 652 g/mol. The average molecular weight is 653 g/mol. The summed E-state index contributed by atoms with van der Waals surface area (Å²) in [7, 11) is 0. The second-order valence-electron chi connectivity index (χ2n) is 17.9. The van der Waals surface area contributed by atoms with Gasteiger partial charge in [0, 0.05) is 11.3 Å². The molecule has 17 atom stereocenters. The number of aliphatic carboxylic acids is 1. The first-order chi connectivity index (χ1) is 21.3. The predicted molar refractivity (Wildman–Crippen MR) is 168 cm³/mol. The summed E-state index contributed by atoms with van der Waals surface area (Å²) in [6.45, 7) is 13.0. The van der Waals surface area contributed by atoms with E-state index in [4.69, 9.17) is 9.47 Å². The van der Waals surface area contributed by atoms with Gasteiger partial charge in [0.1, 0.15) is 24.4 Å². The number of aliphatic hydroxyl groups is 6. The minimum absolute atomic E-state index is 0.0145. The Bertz CT molecular complexity index is 1180. The zero-order valence-corrected chi connectivity index (χ0v) is 28.7. The van der Waals surface area contributed by atoms with Crippen molar-refractivity contribution >= 4 is 5.97 Å². The van der Waals surface area contributed by atoms with Crippen LogP contribution in [0.25, 0.3) is 0 Å². The topological polar surface area (TPSA) is 177 Å². The summed E-state index contributed by atoms with van der Waals surface area (Å²) in [5, 5.41) is 73.4. The van der Waals surface area contributed by atoms with Gasteiger partial charge in [0.05, 0.1) is 19.3 Å². The SMILES string of the molecule is C[C@]12CC[C@H](O)[C@](C)(CO[C@H]3O[C@@H](CO)[C@H](O)[C@@H](O)[C@@H]3O)[C@@H]1CC[C@@]1(C)[C@H]2CC[C@@H]2[C@@]3(C)CC[C@H]([C@@](C)(O)C(=O)O)[C@@H]3CC[C@@]21C. The molecule has 6 fully saturated rings.